The number of thiazole rings is 1. The average Bonchev–Trinajstić information content (AvgIpc) is 3.68. The van der Waals surface area contributed by atoms with Crippen LogP contribution in [0, 0.1) is 17.3 Å². The molecule has 0 spiro atoms. The maximum atomic E-state index is 11.4. The molecule has 0 saturated heterocycles. The zero-order valence-corrected chi connectivity index (χ0v) is 29.7. The van der Waals surface area contributed by atoms with E-state index in [1.807, 2.05) is 72.8 Å². The van der Waals surface area contributed by atoms with Gasteiger partial charge in [-0.1, -0.05) is 78.7 Å². The lowest BCUT2D eigenvalue weighted by atomic mass is 9.55. The Morgan fingerprint density at radius 2 is 1.65 bits per heavy atom. The van der Waals surface area contributed by atoms with Gasteiger partial charge < -0.3 is 10.2 Å². The number of aryl methyl sites for hydroxylation is 1. The third kappa shape index (κ3) is 6.07. The van der Waals surface area contributed by atoms with E-state index >= 15 is 0 Å². The second kappa shape index (κ2) is 13.2. The molecular weight excluding hydrogens is 669 g/mol. The predicted octanol–water partition coefficient (Wildman–Crippen LogP) is 9.98. The van der Waals surface area contributed by atoms with Gasteiger partial charge in [-0.15, -0.1) is 16.4 Å². The Hall–Kier alpha value is -3.68. The molecule has 5 nitrogen and oxygen atoms in total. The van der Waals surface area contributed by atoms with Crippen LogP contribution < -0.4 is 4.80 Å². The number of aromatic hydroxyl groups is 1. The van der Waals surface area contributed by atoms with E-state index in [-0.39, 0.29) is 11.5 Å². The van der Waals surface area contributed by atoms with Crippen molar-refractivity contribution in [1.29, 1.82) is 0 Å². The van der Waals surface area contributed by atoms with Crippen LogP contribution in [-0.2, 0) is 12.8 Å². The number of aliphatic hydroxyl groups is 1. The van der Waals surface area contributed by atoms with E-state index in [1.54, 1.807) is 0 Å². The molecule has 2 N–H and O–H groups in total. The molecule has 5 atom stereocenters. The summed E-state index contributed by atoms with van der Waals surface area (Å²) >= 11 is 14.1. The van der Waals surface area contributed by atoms with Gasteiger partial charge in [0.05, 0.1) is 17.5 Å². The Bertz CT molecular complexity index is 2090. The molecule has 3 aliphatic carbocycles. The molecule has 0 bridgehead atoms. The zero-order chi connectivity index (χ0) is 33.7. The maximum Gasteiger partial charge on any atom is 0.215 e. The Kier molecular flexibility index (Phi) is 8.77. The lowest BCUT2D eigenvalue weighted by Gasteiger charge is -2.50. The molecule has 49 heavy (non-hydrogen) atoms. The van der Waals surface area contributed by atoms with Crippen LogP contribution in [0.25, 0.3) is 16.9 Å². The van der Waals surface area contributed by atoms with E-state index < -0.39 is 0 Å². The molecule has 1 heterocycles. The topological polar surface area (TPSA) is 70.1 Å². The van der Waals surface area contributed by atoms with Crippen molar-refractivity contribution in [3.63, 3.8) is 0 Å². The number of phenols is 1. The van der Waals surface area contributed by atoms with Gasteiger partial charge in [0.2, 0.25) is 4.80 Å². The van der Waals surface area contributed by atoms with Crippen LogP contribution in [0.4, 0.5) is 0 Å². The molecule has 250 valence electrons. The third-order valence-corrected chi connectivity index (χ3v) is 12.8. The van der Waals surface area contributed by atoms with Crippen molar-refractivity contribution in [3.05, 3.63) is 133 Å². The van der Waals surface area contributed by atoms with Crippen LogP contribution in [0.15, 0.2) is 107 Å². The highest BCUT2D eigenvalue weighted by Crippen LogP contribution is 2.61. The number of phenolic OH excluding ortho intramolecular Hbond substituents is 1. The molecule has 2 saturated carbocycles. The van der Waals surface area contributed by atoms with Gasteiger partial charge in [-0.2, -0.15) is 5.10 Å². The van der Waals surface area contributed by atoms with Gasteiger partial charge in [0, 0.05) is 33.1 Å². The van der Waals surface area contributed by atoms with E-state index in [4.69, 9.17) is 33.4 Å². The van der Waals surface area contributed by atoms with Crippen molar-refractivity contribution in [2.45, 2.75) is 63.9 Å². The molecule has 4 aromatic carbocycles. The Morgan fingerprint density at radius 3 is 2.41 bits per heavy atom. The second-order valence-corrected chi connectivity index (χ2v) is 15.9. The normalized spacial score (nSPS) is 25.1. The van der Waals surface area contributed by atoms with Gasteiger partial charge in [-0.05, 0) is 126 Å². The number of halogens is 2. The Labute approximate surface area is 301 Å². The van der Waals surface area contributed by atoms with Crippen molar-refractivity contribution in [2.75, 3.05) is 0 Å². The van der Waals surface area contributed by atoms with Gasteiger partial charge in [-0.25, -0.2) is 0 Å². The highest BCUT2D eigenvalue weighted by atomic mass is 35.5. The highest BCUT2D eigenvalue weighted by Gasteiger charge is 2.54. The molecule has 2 fully saturated rings. The lowest BCUT2D eigenvalue weighted by Crippen LogP contribution is -2.43. The number of fused-ring (bicyclic) bond motifs is 5. The number of aromatic nitrogens is 1. The van der Waals surface area contributed by atoms with Gasteiger partial charge in [0.25, 0.3) is 0 Å². The fraction of sp³-hybridized carbons (Fsp3) is 0.317. The van der Waals surface area contributed by atoms with Crippen molar-refractivity contribution in [3.8, 4) is 22.7 Å². The second-order valence-electron chi connectivity index (χ2n) is 14.1. The minimum absolute atomic E-state index is 0.0272. The monoisotopic (exact) mass is 707 g/mol. The molecule has 0 aliphatic heterocycles. The van der Waals surface area contributed by atoms with Crippen molar-refractivity contribution >= 4 is 40.3 Å². The summed E-state index contributed by atoms with van der Waals surface area (Å²) in [5, 5.41) is 35.5. The molecule has 0 amide bonds. The molecule has 1 aromatic heterocycles. The summed E-state index contributed by atoms with van der Waals surface area (Å²) in [5.41, 5.74) is 8.17. The largest absolute Gasteiger partial charge is 0.508 e. The van der Waals surface area contributed by atoms with Gasteiger partial charge in [-0.3, -0.25) is 4.57 Å². The van der Waals surface area contributed by atoms with Gasteiger partial charge in [0.1, 0.15) is 5.75 Å². The van der Waals surface area contributed by atoms with Gasteiger partial charge in [0.15, 0.2) is 0 Å². The highest BCUT2D eigenvalue weighted by molar-refractivity contribution is 7.07. The maximum absolute atomic E-state index is 11.4. The van der Waals surface area contributed by atoms with Crippen LogP contribution in [0.3, 0.4) is 0 Å². The van der Waals surface area contributed by atoms with E-state index in [2.05, 4.69) is 35.1 Å². The van der Waals surface area contributed by atoms with Crippen LogP contribution in [-0.4, -0.2) is 26.6 Å². The van der Waals surface area contributed by atoms with Crippen molar-refractivity contribution < 1.29 is 10.2 Å². The number of hydrogen-bond donors (Lipinski definition) is 2. The molecule has 8 heteroatoms. The SMILES string of the molecule is C[C@]12CC[C@@H]3c4cc(C/C(=N\N=c5\scc(-c6ccccc6)n5-c5ccc(Cl)cc5)c5ccc(Cl)cc5)c(O)cc4CC[C@H]3[C@@H]1CC[C@@H]2O. The summed E-state index contributed by atoms with van der Waals surface area (Å²) in [4.78, 5) is 0.717. The van der Waals surface area contributed by atoms with Crippen LogP contribution >= 0.6 is 34.5 Å². The number of hydrogen-bond acceptors (Lipinski definition) is 5. The first-order chi connectivity index (χ1) is 23.8. The fourth-order valence-electron chi connectivity index (χ4n) is 8.92. The molecular formula is C41H39Cl2N3O2S. The smallest absolute Gasteiger partial charge is 0.215 e. The van der Waals surface area contributed by atoms with E-state index in [9.17, 15) is 10.2 Å². The molecule has 3 aliphatic rings. The first-order valence-corrected chi connectivity index (χ1v) is 18.8. The summed E-state index contributed by atoms with van der Waals surface area (Å²) < 4.78 is 2.10. The Balaban J connectivity index is 1.20. The van der Waals surface area contributed by atoms with Gasteiger partial charge >= 0.3 is 0 Å². The fourth-order valence-corrected chi connectivity index (χ4v) is 10.0. The summed E-state index contributed by atoms with van der Waals surface area (Å²) in [6.45, 7) is 2.31. The van der Waals surface area contributed by atoms with Crippen molar-refractivity contribution in [1.82, 2.24) is 4.57 Å². The summed E-state index contributed by atoms with van der Waals surface area (Å²) in [6.07, 6.45) is 6.46. The minimum atomic E-state index is -0.192. The molecule has 0 radical (unpaired) electrons. The standard InChI is InChI=1S/C41H39Cl2N3O2S/c1-41-20-19-32-33(35(41)17-18-39(41)48)16-9-27-23-38(47)28(21-34(27)32)22-36(25-7-10-29(42)11-8-25)44-45-40-46(31-14-12-30(43)13-15-31)37(24-49-40)26-5-3-2-4-6-26/h2-8,10-15,21,23-24,32-33,35,39,47-48H,9,16-20,22H2,1H3/b44-36+,45-40+/t32-,33+,35-,39-,41-/m0/s1. The molecule has 5 aromatic rings. The van der Waals surface area contributed by atoms with Crippen molar-refractivity contribution in [2.24, 2.45) is 27.5 Å². The summed E-state index contributed by atoms with van der Waals surface area (Å²) in [7, 11) is 0. The average molecular weight is 709 g/mol. The van der Waals surface area contributed by atoms with E-state index in [1.165, 1.54) is 22.5 Å². The zero-order valence-electron chi connectivity index (χ0n) is 27.4. The van der Waals surface area contributed by atoms with Crippen LogP contribution in [0.5, 0.6) is 5.75 Å². The number of rotatable bonds is 6. The Morgan fingerprint density at radius 1 is 0.918 bits per heavy atom. The summed E-state index contributed by atoms with van der Waals surface area (Å²) in [5.74, 6) is 1.87. The minimum Gasteiger partial charge on any atom is -0.508 e. The lowest BCUT2D eigenvalue weighted by molar-refractivity contribution is -0.0226. The van der Waals surface area contributed by atoms with E-state index in [0.717, 1.165) is 72.3 Å². The van der Waals surface area contributed by atoms with Crippen LogP contribution in [0.2, 0.25) is 10.0 Å². The number of nitrogens with zero attached hydrogens (tertiary/aromatic N) is 3. The first-order valence-electron chi connectivity index (χ1n) is 17.2. The molecule has 8 rings (SSSR count). The predicted molar refractivity (Wildman–Crippen MR) is 200 cm³/mol. The number of benzene rings is 4. The van der Waals surface area contributed by atoms with E-state index in [0.29, 0.717) is 44.8 Å². The first kappa shape index (κ1) is 32.5. The number of aliphatic hydroxyl groups excluding tert-OH is 1. The van der Waals surface area contributed by atoms with Crippen LogP contribution in [0.1, 0.15) is 67.2 Å². The quantitative estimate of drug-likeness (QED) is 0.136. The molecule has 0 unspecified atom stereocenters. The summed E-state index contributed by atoms with van der Waals surface area (Å²) in [6, 6.07) is 29.9. The third-order valence-electron chi connectivity index (χ3n) is 11.5.